The van der Waals surface area contributed by atoms with Gasteiger partial charge in [-0.25, -0.2) is 0 Å². The summed E-state index contributed by atoms with van der Waals surface area (Å²) in [4.78, 5) is 49.3. The number of amides is 3. The van der Waals surface area contributed by atoms with Crippen LogP contribution in [-0.4, -0.2) is 40.5 Å². The van der Waals surface area contributed by atoms with Crippen LogP contribution in [0.2, 0.25) is 0 Å². The van der Waals surface area contributed by atoms with E-state index in [1.807, 2.05) is 19.1 Å². The summed E-state index contributed by atoms with van der Waals surface area (Å²) in [6.45, 7) is 1.66. The first-order chi connectivity index (χ1) is 18.6. The molecule has 0 atom stereocenters. The van der Waals surface area contributed by atoms with E-state index in [-0.39, 0.29) is 17.2 Å². The second-order valence-corrected chi connectivity index (χ2v) is 10.3. The number of aryl methyl sites for hydroxylation is 1. The minimum absolute atomic E-state index is 0.0141. The monoisotopic (exact) mass is 611 g/mol. The number of non-ortho nitro benzene ring substituents is 1. The summed E-state index contributed by atoms with van der Waals surface area (Å²) in [5, 5.41) is 13.0. The van der Waals surface area contributed by atoms with Gasteiger partial charge < -0.3 is 14.8 Å². The minimum Gasteiger partial charge on any atom is -0.493 e. The summed E-state index contributed by atoms with van der Waals surface area (Å²) in [7, 11) is 1.46. The van der Waals surface area contributed by atoms with E-state index in [4.69, 9.17) is 9.47 Å². The topological polar surface area (TPSA) is 128 Å². The number of imide groups is 1. The molecule has 0 unspecified atom stereocenters. The number of halogens is 1. The van der Waals surface area contributed by atoms with Crippen LogP contribution in [0.5, 0.6) is 11.5 Å². The fourth-order valence-electron chi connectivity index (χ4n) is 3.57. The van der Waals surface area contributed by atoms with Gasteiger partial charge in [-0.2, -0.15) is 0 Å². The number of methoxy groups -OCH3 is 1. The highest BCUT2D eigenvalue weighted by molar-refractivity contribution is 9.10. The first-order valence-corrected chi connectivity index (χ1v) is 13.1. The lowest BCUT2D eigenvalue weighted by Crippen LogP contribution is -2.36. The molecule has 0 radical (unpaired) electrons. The standard InChI is InChI=1S/C27H22BrN3O7S/c1-16-3-7-19(8-4-16)29-25(32)14-30-26(33)24(39-27(30)34)12-18-11-22(37-2)23(13-21(18)28)38-15-17-5-9-20(10-6-17)31(35)36/h3-13H,14-15H2,1-2H3,(H,29,32)/b24-12+. The van der Waals surface area contributed by atoms with Gasteiger partial charge in [0.1, 0.15) is 13.2 Å². The summed E-state index contributed by atoms with van der Waals surface area (Å²) >= 11 is 4.21. The molecule has 3 aromatic carbocycles. The van der Waals surface area contributed by atoms with Gasteiger partial charge in [0, 0.05) is 22.3 Å². The first kappa shape index (κ1) is 27.9. The lowest BCUT2D eigenvalue weighted by molar-refractivity contribution is -0.384. The summed E-state index contributed by atoms with van der Waals surface area (Å²) < 4.78 is 11.9. The van der Waals surface area contributed by atoms with Crippen molar-refractivity contribution >= 4 is 62.2 Å². The van der Waals surface area contributed by atoms with E-state index in [1.54, 1.807) is 36.4 Å². The lowest BCUT2D eigenvalue weighted by Gasteiger charge is -2.13. The highest BCUT2D eigenvalue weighted by Crippen LogP contribution is 2.38. The van der Waals surface area contributed by atoms with Crippen molar-refractivity contribution in [3.8, 4) is 11.5 Å². The van der Waals surface area contributed by atoms with Gasteiger partial charge in [0.25, 0.3) is 16.8 Å². The number of nitrogens with zero attached hydrogens (tertiary/aromatic N) is 2. The predicted octanol–water partition coefficient (Wildman–Crippen LogP) is 5.93. The molecule has 200 valence electrons. The molecule has 10 nitrogen and oxygen atoms in total. The van der Waals surface area contributed by atoms with Crippen molar-refractivity contribution in [3.05, 3.63) is 96.8 Å². The maximum atomic E-state index is 12.9. The summed E-state index contributed by atoms with van der Waals surface area (Å²) in [6.07, 6.45) is 1.54. The third-order valence-electron chi connectivity index (χ3n) is 5.62. The molecule has 1 N–H and O–H groups in total. The van der Waals surface area contributed by atoms with Gasteiger partial charge in [-0.05, 0) is 72.3 Å². The molecule has 1 heterocycles. The highest BCUT2D eigenvalue weighted by atomic mass is 79.9. The molecule has 1 aliphatic heterocycles. The number of benzene rings is 3. The molecule has 1 saturated heterocycles. The van der Waals surface area contributed by atoms with Crippen molar-refractivity contribution in [2.45, 2.75) is 13.5 Å². The maximum Gasteiger partial charge on any atom is 0.294 e. The molecule has 1 aliphatic rings. The summed E-state index contributed by atoms with van der Waals surface area (Å²) in [5.74, 6) is -0.281. The van der Waals surface area contributed by atoms with E-state index < -0.39 is 28.5 Å². The van der Waals surface area contributed by atoms with E-state index in [1.165, 1.54) is 25.3 Å². The van der Waals surface area contributed by atoms with Crippen LogP contribution >= 0.6 is 27.7 Å². The SMILES string of the molecule is COc1cc(/C=C2/SC(=O)N(CC(=O)Nc3ccc(C)cc3)C2=O)c(Br)cc1OCc1ccc([N+](=O)[O-])cc1. The normalized spacial score (nSPS) is 14.0. The molecule has 4 rings (SSSR count). The predicted molar refractivity (Wildman–Crippen MR) is 151 cm³/mol. The van der Waals surface area contributed by atoms with E-state index >= 15 is 0 Å². The molecule has 1 fully saturated rings. The summed E-state index contributed by atoms with van der Waals surface area (Å²) in [6, 6.07) is 16.5. The smallest absolute Gasteiger partial charge is 0.294 e. The van der Waals surface area contributed by atoms with Crippen molar-refractivity contribution < 1.29 is 28.8 Å². The van der Waals surface area contributed by atoms with Gasteiger partial charge in [0.2, 0.25) is 5.91 Å². The van der Waals surface area contributed by atoms with Gasteiger partial charge in [-0.15, -0.1) is 0 Å². The largest absolute Gasteiger partial charge is 0.493 e. The average Bonchev–Trinajstić information content (AvgIpc) is 3.17. The minimum atomic E-state index is -0.576. The molecular weight excluding hydrogens is 590 g/mol. The van der Waals surface area contributed by atoms with Crippen LogP contribution in [0, 0.1) is 17.0 Å². The Balaban J connectivity index is 1.45. The molecule has 0 saturated carbocycles. The fourth-order valence-corrected chi connectivity index (χ4v) is 4.83. The quantitative estimate of drug-likeness (QED) is 0.179. The Morgan fingerprint density at radius 3 is 2.44 bits per heavy atom. The van der Waals surface area contributed by atoms with Gasteiger partial charge in [-0.3, -0.25) is 29.4 Å². The van der Waals surface area contributed by atoms with Gasteiger partial charge in [-0.1, -0.05) is 33.6 Å². The van der Waals surface area contributed by atoms with Gasteiger partial charge in [0.15, 0.2) is 11.5 Å². The number of nitro groups is 1. The van der Waals surface area contributed by atoms with E-state index in [2.05, 4.69) is 21.2 Å². The van der Waals surface area contributed by atoms with Crippen LogP contribution in [0.3, 0.4) is 0 Å². The Bertz CT molecular complexity index is 1470. The Labute approximate surface area is 236 Å². The van der Waals surface area contributed by atoms with Crippen LogP contribution in [0.15, 0.2) is 70.0 Å². The van der Waals surface area contributed by atoms with Crippen LogP contribution in [0.4, 0.5) is 16.2 Å². The zero-order valence-corrected chi connectivity index (χ0v) is 23.2. The Kier molecular flexibility index (Phi) is 8.67. The second-order valence-electron chi connectivity index (χ2n) is 8.42. The number of nitrogens with one attached hydrogen (secondary N) is 1. The second kappa shape index (κ2) is 12.1. The Morgan fingerprint density at radius 2 is 1.79 bits per heavy atom. The van der Waals surface area contributed by atoms with Crippen LogP contribution in [-0.2, 0) is 16.2 Å². The molecule has 0 bridgehead atoms. The number of rotatable bonds is 9. The third kappa shape index (κ3) is 6.84. The van der Waals surface area contributed by atoms with Gasteiger partial charge in [0.05, 0.1) is 16.9 Å². The number of anilines is 1. The molecule has 0 aromatic heterocycles. The molecule has 12 heteroatoms. The third-order valence-corrected chi connectivity index (χ3v) is 7.22. The number of carbonyl (C=O) groups is 3. The maximum absolute atomic E-state index is 12.9. The fraction of sp³-hybridized carbons (Fsp3) is 0.148. The number of thioether (sulfide) groups is 1. The summed E-state index contributed by atoms with van der Waals surface area (Å²) in [5.41, 5.74) is 2.88. The van der Waals surface area contributed by atoms with Crippen molar-refractivity contribution in [3.63, 3.8) is 0 Å². The first-order valence-electron chi connectivity index (χ1n) is 11.5. The zero-order valence-electron chi connectivity index (χ0n) is 20.8. The Hall–Kier alpha value is -4.16. The number of hydrogen-bond donors (Lipinski definition) is 1. The van der Waals surface area contributed by atoms with Crippen molar-refractivity contribution in [1.29, 1.82) is 0 Å². The van der Waals surface area contributed by atoms with Crippen molar-refractivity contribution in [2.24, 2.45) is 0 Å². The Morgan fingerprint density at radius 1 is 1.10 bits per heavy atom. The van der Waals surface area contributed by atoms with E-state index in [0.29, 0.717) is 27.2 Å². The number of hydrogen-bond acceptors (Lipinski definition) is 8. The van der Waals surface area contributed by atoms with E-state index in [9.17, 15) is 24.5 Å². The van der Waals surface area contributed by atoms with Crippen LogP contribution in [0.25, 0.3) is 6.08 Å². The number of ether oxygens (including phenoxy) is 2. The molecule has 3 amide bonds. The van der Waals surface area contributed by atoms with Crippen molar-refractivity contribution in [2.75, 3.05) is 19.0 Å². The number of carbonyl (C=O) groups excluding carboxylic acids is 3. The molecule has 0 spiro atoms. The lowest BCUT2D eigenvalue weighted by atomic mass is 10.1. The molecule has 0 aliphatic carbocycles. The molecule has 39 heavy (non-hydrogen) atoms. The van der Waals surface area contributed by atoms with Crippen LogP contribution < -0.4 is 14.8 Å². The molecular formula is C27H22BrN3O7S. The van der Waals surface area contributed by atoms with Gasteiger partial charge >= 0.3 is 0 Å². The van der Waals surface area contributed by atoms with E-state index in [0.717, 1.165) is 27.8 Å². The average molecular weight is 612 g/mol. The number of nitro benzene ring substituents is 1. The van der Waals surface area contributed by atoms with Crippen molar-refractivity contribution in [1.82, 2.24) is 4.90 Å². The zero-order chi connectivity index (χ0) is 28.1. The highest BCUT2D eigenvalue weighted by Gasteiger charge is 2.36. The van der Waals surface area contributed by atoms with Crippen LogP contribution in [0.1, 0.15) is 16.7 Å². The molecule has 3 aromatic rings.